The van der Waals surface area contributed by atoms with E-state index in [4.69, 9.17) is 5.73 Å². The molecule has 2 aromatic heterocycles. The average molecular weight is 367 g/mol. The van der Waals surface area contributed by atoms with E-state index in [1.54, 1.807) is 24.4 Å². The first kappa shape index (κ1) is 19.3. The van der Waals surface area contributed by atoms with Crippen LogP contribution in [0.4, 0.5) is 11.6 Å². The average Bonchev–Trinajstić information content (AvgIpc) is 2.67. The number of rotatable bonds is 6. The molecule has 1 fully saturated rings. The Morgan fingerprint density at radius 1 is 1.26 bits per heavy atom. The number of nitrogens with zero attached hydrogens (tertiary/aromatic N) is 3. The molecule has 27 heavy (non-hydrogen) atoms. The van der Waals surface area contributed by atoms with Crippen LogP contribution < -0.4 is 16.0 Å². The molecule has 3 heterocycles. The molecule has 0 saturated carbocycles. The summed E-state index contributed by atoms with van der Waals surface area (Å²) in [5, 5.41) is 3.74. The first-order valence-electron chi connectivity index (χ1n) is 9.71. The molecular weight excluding hydrogens is 338 g/mol. The summed E-state index contributed by atoms with van der Waals surface area (Å²) in [4.78, 5) is 23.8. The van der Waals surface area contributed by atoms with Crippen LogP contribution in [-0.4, -0.2) is 40.9 Å². The number of nitrogen functional groups attached to an aromatic ring is 1. The maximum absolute atomic E-state index is 12.8. The van der Waals surface area contributed by atoms with Crippen LogP contribution in [0.15, 0.2) is 36.5 Å². The quantitative estimate of drug-likeness (QED) is 0.764. The summed E-state index contributed by atoms with van der Waals surface area (Å²) < 4.78 is 0. The Morgan fingerprint density at radius 3 is 2.74 bits per heavy atom. The van der Waals surface area contributed by atoms with Crippen LogP contribution >= 0.6 is 0 Å². The van der Waals surface area contributed by atoms with Crippen LogP contribution in [0.1, 0.15) is 49.7 Å². The highest BCUT2D eigenvalue weighted by Crippen LogP contribution is 2.21. The lowest BCUT2D eigenvalue weighted by Crippen LogP contribution is -2.57. The number of nitrogens with two attached hydrogens (primary N) is 1. The normalized spacial score (nSPS) is 20.1. The molecule has 0 amide bonds. The van der Waals surface area contributed by atoms with Crippen molar-refractivity contribution in [2.45, 2.75) is 45.7 Å². The summed E-state index contributed by atoms with van der Waals surface area (Å²) in [6.45, 7) is 8.49. The van der Waals surface area contributed by atoms with E-state index in [0.29, 0.717) is 29.3 Å². The van der Waals surface area contributed by atoms with Gasteiger partial charge in [0.25, 0.3) is 0 Å². The van der Waals surface area contributed by atoms with E-state index in [-0.39, 0.29) is 11.6 Å². The van der Waals surface area contributed by atoms with Crippen LogP contribution in [-0.2, 0) is 0 Å². The molecule has 1 saturated heterocycles. The molecule has 0 unspecified atom stereocenters. The molecule has 6 heteroatoms. The van der Waals surface area contributed by atoms with E-state index in [2.05, 4.69) is 41.0 Å². The van der Waals surface area contributed by atoms with Crippen LogP contribution in [0.3, 0.4) is 0 Å². The lowest BCUT2D eigenvalue weighted by molar-refractivity contribution is 0.103. The second-order valence-corrected chi connectivity index (χ2v) is 7.65. The predicted octanol–water partition coefficient (Wildman–Crippen LogP) is 2.89. The van der Waals surface area contributed by atoms with E-state index in [1.807, 2.05) is 12.1 Å². The van der Waals surface area contributed by atoms with Crippen molar-refractivity contribution in [3.8, 4) is 0 Å². The van der Waals surface area contributed by atoms with Crippen molar-refractivity contribution in [2.75, 3.05) is 23.7 Å². The van der Waals surface area contributed by atoms with Gasteiger partial charge < -0.3 is 16.0 Å². The fraction of sp³-hybridized carbons (Fsp3) is 0.476. The zero-order valence-electron chi connectivity index (χ0n) is 16.4. The summed E-state index contributed by atoms with van der Waals surface area (Å²) in [5.41, 5.74) is 6.66. The van der Waals surface area contributed by atoms with Crippen LogP contribution in [0.5, 0.6) is 0 Å². The van der Waals surface area contributed by atoms with Gasteiger partial charge in [-0.25, -0.2) is 9.97 Å². The maximum atomic E-state index is 12.8. The zero-order chi connectivity index (χ0) is 19.4. The minimum absolute atomic E-state index is 0.191. The van der Waals surface area contributed by atoms with Crippen molar-refractivity contribution in [1.82, 2.24) is 15.3 Å². The van der Waals surface area contributed by atoms with Crippen molar-refractivity contribution in [3.05, 3.63) is 47.8 Å². The van der Waals surface area contributed by atoms with Crippen LogP contribution in [0.2, 0.25) is 0 Å². The number of aromatic nitrogens is 2. The van der Waals surface area contributed by atoms with Gasteiger partial charge in [0.15, 0.2) is 0 Å². The Bertz CT molecular complexity index is 792. The highest BCUT2D eigenvalue weighted by Gasteiger charge is 2.27. The lowest BCUT2D eigenvalue weighted by atomic mass is 9.99. The molecule has 1 aliphatic rings. The minimum Gasteiger partial charge on any atom is -0.383 e. The number of hydrogen-bond donors (Lipinski definition) is 2. The first-order chi connectivity index (χ1) is 13.0. The standard InChI is InChI=1S/C21H29N5O/c1-4-15-12-26(13-16(24-15)11-14(2)3)19-9-5-8-18(25-19)20(27)17-7-6-10-23-21(17)22/h5-10,14-16,24H,4,11-13H2,1-3H3,(H2,22,23)/t15-,16+/m1/s1. The van der Waals surface area contributed by atoms with Crippen LogP contribution in [0, 0.1) is 5.92 Å². The monoisotopic (exact) mass is 367 g/mol. The molecule has 144 valence electrons. The Balaban J connectivity index is 1.83. The second kappa shape index (κ2) is 8.48. The summed E-state index contributed by atoms with van der Waals surface area (Å²) in [6.07, 6.45) is 3.77. The zero-order valence-corrected chi connectivity index (χ0v) is 16.4. The third-order valence-electron chi connectivity index (χ3n) is 4.98. The molecule has 0 aromatic carbocycles. The molecule has 3 rings (SSSR count). The predicted molar refractivity (Wildman–Crippen MR) is 109 cm³/mol. The number of pyridine rings is 2. The van der Waals surface area contributed by atoms with Gasteiger partial charge in [0.1, 0.15) is 17.3 Å². The Labute approximate surface area is 161 Å². The fourth-order valence-electron chi connectivity index (χ4n) is 3.66. The van der Waals surface area contributed by atoms with Crippen molar-refractivity contribution >= 4 is 17.4 Å². The number of carbonyl (C=O) groups is 1. The number of ketones is 1. The van der Waals surface area contributed by atoms with Crippen molar-refractivity contribution in [2.24, 2.45) is 5.92 Å². The van der Waals surface area contributed by atoms with E-state index in [9.17, 15) is 4.79 Å². The lowest BCUT2D eigenvalue weighted by Gasteiger charge is -2.40. The summed E-state index contributed by atoms with van der Waals surface area (Å²) in [6, 6.07) is 9.87. The number of carbonyl (C=O) groups excluding carboxylic acids is 1. The van der Waals surface area contributed by atoms with Gasteiger partial charge in [-0.2, -0.15) is 0 Å². The topological polar surface area (TPSA) is 84.1 Å². The Hall–Kier alpha value is -2.47. The molecule has 6 nitrogen and oxygen atoms in total. The third kappa shape index (κ3) is 4.63. The molecule has 2 atom stereocenters. The molecular formula is C21H29N5O. The highest BCUT2D eigenvalue weighted by atomic mass is 16.1. The van der Waals surface area contributed by atoms with Crippen molar-refractivity contribution in [1.29, 1.82) is 0 Å². The first-order valence-corrected chi connectivity index (χ1v) is 9.71. The van der Waals surface area contributed by atoms with E-state index < -0.39 is 0 Å². The van der Waals surface area contributed by atoms with E-state index in [1.165, 1.54) is 0 Å². The van der Waals surface area contributed by atoms with Gasteiger partial charge in [0.05, 0.1) is 5.56 Å². The molecule has 0 spiro atoms. The van der Waals surface area contributed by atoms with Gasteiger partial charge in [0.2, 0.25) is 5.78 Å². The van der Waals surface area contributed by atoms with Crippen molar-refractivity contribution < 1.29 is 4.79 Å². The third-order valence-corrected chi connectivity index (χ3v) is 4.98. The number of nitrogens with one attached hydrogen (secondary N) is 1. The van der Waals surface area contributed by atoms with E-state index >= 15 is 0 Å². The highest BCUT2D eigenvalue weighted by molar-refractivity contribution is 6.10. The fourth-order valence-corrected chi connectivity index (χ4v) is 3.66. The molecule has 0 radical (unpaired) electrons. The number of piperazine rings is 1. The van der Waals surface area contributed by atoms with Gasteiger partial charge in [-0.1, -0.05) is 26.8 Å². The summed E-state index contributed by atoms with van der Waals surface area (Å²) in [5.74, 6) is 1.52. The molecule has 0 bridgehead atoms. The summed E-state index contributed by atoms with van der Waals surface area (Å²) in [7, 11) is 0. The SMILES string of the molecule is CC[C@@H]1CN(c2cccc(C(=O)c3cccnc3N)n2)C[C@H](CC(C)C)N1. The molecule has 0 aliphatic carbocycles. The van der Waals surface area contributed by atoms with E-state index in [0.717, 1.165) is 31.7 Å². The van der Waals surface area contributed by atoms with Gasteiger partial charge in [-0.3, -0.25) is 4.79 Å². The van der Waals surface area contributed by atoms with Crippen LogP contribution in [0.25, 0.3) is 0 Å². The number of anilines is 2. The van der Waals surface area contributed by atoms with Gasteiger partial charge in [-0.05, 0) is 43.0 Å². The largest absolute Gasteiger partial charge is 0.383 e. The van der Waals surface area contributed by atoms with Gasteiger partial charge in [-0.15, -0.1) is 0 Å². The molecule has 2 aromatic rings. The second-order valence-electron chi connectivity index (χ2n) is 7.65. The Morgan fingerprint density at radius 2 is 2.04 bits per heavy atom. The summed E-state index contributed by atoms with van der Waals surface area (Å²) >= 11 is 0. The smallest absolute Gasteiger partial charge is 0.215 e. The molecule has 1 aliphatic heterocycles. The maximum Gasteiger partial charge on any atom is 0.215 e. The number of hydrogen-bond acceptors (Lipinski definition) is 6. The Kier molecular flexibility index (Phi) is 6.06. The van der Waals surface area contributed by atoms with Crippen molar-refractivity contribution in [3.63, 3.8) is 0 Å². The van der Waals surface area contributed by atoms with Gasteiger partial charge in [0, 0.05) is 31.4 Å². The minimum atomic E-state index is -0.191. The molecule has 3 N–H and O–H groups in total. The van der Waals surface area contributed by atoms with Gasteiger partial charge >= 0.3 is 0 Å².